The monoisotopic (exact) mass is 397 g/mol. The first kappa shape index (κ1) is 18.4. The van der Waals surface area contributed by atoms with Gasteiger partial charge in [-0.1, -0.05) is 24.3 Å². The molecule has 1 aromatic carbocycles. The van der Waals surface area contributed by atoms with Crippen LogP contribution in [0, 0.1) is 0 Å². The van der Waals surface area contributed by atoms with Gasteiger partial charge >= 0.3 is 0 Å². The van der Waals surface area contributed by atoms with Crippen LogP contribution in [0.5, 0.6) is 0 Å². The minimum atomic E-state index is -1.60. The second-order valence-corrected chi connectivity index (χ2v) is 7.84. The van der Waals surface area contributed by atoms with Gasteiger partial charge in [-0.25, -0.2) is 15.0 Å². The van der Waals surface area contributed by atoms with Gasteiger partial charge in [-0.05, 0) is 24.5 Å². The predicted octanol–water partition coefficient (Wildman–Crippen LogP) is 0.391. The number of rotatable bonds is 3. The largest absolute Gasteiger partial charge is 0.394 e. The molecule has 0 radical (unpaired) electrons. The molecule has 9 nitrogen and oxygen atoms in total. The van der Waals surface area contributed by atoms with Gasteiger partial charge in [0.15, 0.2) is 23.2 Å². The molecule has 4 unspecified atom stereocenters. The van der Waals surface area contributed by atoms with Crippen LogP contribution in [0.1, 0.15) is 24.3 Å². The Bertz CT molecular complexity index is 1050. The third kappa shape index (κ3) is 2.81. The average molecular weight is 397 g/mol. The van der Waals surface area contributed by atoms with Gasteiger partial charge in [0.05, 0.1) is 12.9 Å². The average Bonchev–Trinajstić information content (AvgIpc) is 3.26. The van der Waals surface area contributed by atoms with E-state index in [0.717, 1.165) is 25.3 Å². The molecular formula is C20H23N5O4. The number of benzene rings is 1. The van der Waals surface area contributed by atoms with E-state index in [2.05, 4.69) is 38.1 Å². The zero-order chi connectivity index (χ0) is 20.2. The molecule has 0 bridgehead atoms. The molecule has 9 heteroatoms. The highest BCUT2D eigenvalue weighted by molar-refractivity contribution is 5.83. The fraction of sp³-hybridized carbons (Fsp3) is 0.450. The fourth-order valence-electron chi connectivity index (χ4n) is 4.31. The Balaban J connectivity index is 1.53. The molecule has 4 heterocycles. The number of anilines is 1. The molecular weight excluding hydrogens is 374 g/mol. The molecule has 29 heavy (non-hydrogen) atoms. The van der Waals surface area contributed by atoms with Crippen LogP contribution in [0.15, 0.2) is 36.9 Å². The molecule has 152 valence electrons. The number of nitrogens with zero attached hydrogens (tertiary/aromatic N) is 5. The summed E-state index contributed by atoms with van der Waals surface area (Å²) in [4.78, 5) is 15.5. The zero-order valence-corrected chi connectivity index (χ0v) is 16.0. The van der Waals surface area contributed by atoms with Crippen LogP contribution < -0.4 is 4.90 Å². The van der Waals surface area contributed by atoms with Crippen molar-refractivity contribution in [1.29, 1.82) is 0 Å². The van der Waals surface area contributed by atoms with Crippen molar-refractivity contribution in [2.75, 3.05) is 18.1 Å². The quantitative estimate of drug-likeness (QED) is 0.581. The number of imidazole rings is 1. The van der Waals surface area contributed by atoms with Crippen molar-refractivity contribution in [3.05, 3.63) is 48.0 Å². The highest BCUT2D eigenvalue weighted by Crippen LogP contribution is 2.40. The molecule has 2 aliphatic rings. The summed E-state index contributed by atoms with van der Waals surface area (Å²) >= 11 is 0. The smallest absolute Gasteiger partial charge is 0.168 e. The van der Waals surface area contributed by atoms with Crippen molar-refractivity contribution in [2.24, 2.45) is 0 Å². The second kappa shape index (κ2) is 6.74. The Morgan fingerprint density at radius 1 is 1.21 bits per heavy atom. The molecule has 3 N–H and O–H groups in total. The van der Waals surface area contributed by atoms with E-state index in [4.69, 9.17) is 4.74 Å². The summed E-state index contributed by atoms with van der Waals surface area (Å²) in [5.74, 6) is 0.722. The predicted molar refractivity (Wildman–Crippen MR) is 104 cm³/mol. The molecule has 2 aromatic heterocycles. The second-order valence-electron chi connectivity index (χ2n) is 7.84. The lowest BCUT2D eigenvalue weighted by Gasteiger charge is -2.30. The molecule has 1 saturated heterocycles. The molecule has 5 rings (SSSR count). The van der Waals surface area contributed by atoms with Crippen LogP contribution in [-0.4, -0.2) is 65.8 Å². The molecule has 3 aromatic rings. The van der Waals surface area contributed by atoms with E-state index in [1.165, 1.54) is 30.7 Å². The highest BCUT2D eigenvalue weighted by atomic mass is 16.6. The van der Waals surface area contributed by atoms with Crippen molar-refractivity contribution < 1.29 is 20.1 Å². The first-order valence-electron chi connectivity index (χ1n) is 9.66. The van der Waals surface area contributed by atoms with Gasteiger partial charge in [0.1, 0.15) is 24.1 Å². The van der Waals surface area contributed by atoms with Crippen molar-refractivity contribution in [2.45, 2.75) is 43.9 Å². The van der Waals surface area contributed by atoms with Crippen molar-refractivity contribution >= 4 is 17.0 Å². The standard InChI is InChI=1S/C20H23N5O4/c1-20(28)16(27)14(9-26)29-19(20)25-11-23-15-17(21-10-22-18(15)25)24-7-6-12-4-2-3-5-13(12)8-24/h2-5,10-11,14,16,19,26-28H,6-9H2,1H3. The van der Waals surface area contributed by atoms with Crippen molar-refractivity contribution in [1.82, 2.24) is 19.5 Å². The third-order valence-electron chi connectivity index (χ3n) is 5.96. The van der Waals surface area contributed by atoms with Gasteiger partial charge in [-0.3, -0.25) is 4.57 Å². The number of fused-ring (bicyclic) bond motifs is 2. The summed E-state index contributed by atoms with van der Waals surface area (Å²) in [7, 11) is 0. The number of aliphatic hydroxyl groups excluding tert-OH is 2. The Hall–Kier alpha value is -2.59. The summed E-state index contributed by atoms with van der Waals surface area (Å²) in [6.07, 6.45) is 0.895. The van der Waals surface area contributed by atoms with Gasteiger partial charge in [-0.2, -0.15) is 0 Å². The fourth-order valence-corrected chi connectivity index (χ4v) is 4.31. The van der Waals surface area contributed by atoms with Crippen LogP contribution in [0.25, 0.3) is 11.2 Å². The number of aromatic nitrogens is 4. The number of aliphatic hydroxyl groups is 3. The SMILES string of the molecule is CC1(O)C(O)C(CO)OC1n1cnc2c(N3CCc4ccccc4C3)ncnc21. The third-order valence-corrected chi connectivity index (χ3v) is 5.96. The van der Waals surface area contributed by atoms with E-state index in [0.29, 0.717) is 11.2 Å². The number of ether oxygens (including phenoxy) is 1. The molecule has 4 atom stereocenters. The lowest BCUT2D eigenvalue weighted by atomic mass is 9.96. The Morgan fingerprint density at radius 2 is 2.00 bits per heavy atom. The zero-order valence-electron chi connectivity index (χ0n) is 16.0. The highest BCUT2D eigenvalue weighted by Gasteiger charge is 2.53. The lowest BCUT2D eigenvalue weighted by Crippen LogP contribution is -2.44. The maximum absolute atomic E-state index is 10.8. The Kier molecular flexibility index (Phi) is 4.28. The van der Waals surface area contributed by atoms with Crippen LogP contribution in [0.2, 0.25) is 0 Å². The number of hydrogen-bond acceptors (Lipinski definition) is 8. The van der Waals surface area contributed by atoms with Gasteiger partial charge in [0.25, 0.3) is 0 Å². The van der Waals surface area contributed by atoms with E-state index in [-0.39, 0.29) is 0 Å². The summed E-state index contributed by atoms with van der Waals surface area (Å²) in [6.45, 7) is 2.64. The topological polar surface area (TPSA) is 117 Å². The lowest BCUT2D eigenvalue weighted by molar-refractivity contribution is -0.0950. The van der Waals surface area contributed by atoms with E-state index >= 15 is 0 Å². The molecule has 0 amide bonds. The van der Waals surface area contributed by atoms with Crippen molar-refractivity contribution in [3.63, 3.8) is 0 Å². The van der Waals surface area contributed by atoms with Gasteiger partial charge in [-0.15, -0.1) is 0 Å². The van der Waals surface area contributed by atoms with Gasteiger partial charge in [0.2, 0.25) is 0 Å². The Morgan fingerprint density at radius 3 is 2.76 bits per heavy atom. The molecule has 1 fully saturated rings. The van der Waals surface area contributed by atoms with E-state index in [9.17, 15) is 15.3 Å². The summed E-state index contributed by atoms with van der Waals surface area (Å²) < 4.78 is 7.32. The maximum Gasteiger partial charge on any atom is 0.168 e. The van der Waals surface area contributed by atoms with E-state index in [1.54, 1.807) is 4.57 Å². The maximum atomic E-state index is 10.8. The number of hydrogen-bond donors (Lipinski definition) is 3. The normalized spacial score (nSPS) is 29.4. The van der Waals surface area contributed by atoms with Crippen molar-refractivity contribution in [3.8, 4) is 0 Å². The summed E-state index contributed by atoms with van der Waals surface area (Å²) in [6, 6.07) is 8.37. The molecule has 0 saturated carbocycles. The first-order valence-corrected chi connectivity index (χ1v) is 9.66. The minimum absolute atomic E-state index is 0.395. The summed E-state index contributed by atoms with van der Waals surface area (Å²) in [5, 5.41) is 30.5. The molecule has 0 aliphatic carbocycles. The van der Waals surface area contributed by atoms with E-state index < -0.39 is 30.6 Å². The molecule has 2 aliphatic heterocycles. The van der Waals surface area contributed by atoms with Gasteiger partial charge in [0, 0.05) is 13.1 Å². The minimum Gasteiger partial charge on any atom is -0.394 e. The summed E-state index contributed by atoms with van der Waals surface area (Å²) in [5.41, 5.74) is 2.12. The van der Waals surface area contributed by atoms with E-state index in [1.807, 2.05) is 6.07 Å². The van der Waals surface area contributed by atoms with Gasteiger partial charge < -0.3 is 25.0 Å². The van der Waals surface area contributed by atoms with Crippen LogP contribution in [-0.2, 0) is 17.7 Å². The van der Waals surface area contributed by atoms with Crippen LogP contribution in [0.3, 0.4) is 0 Å². The first-order chi connectivity index (χ1) is 14.0. The van der Waals surface area contributed by atoms with Crippen LogP contribution >= 0.6 is 0 Å². The molecule has 0 spiro atoms. The van der Waals surface area contributed by atoms with Crippen LogP contribution in [0.4, 0.5) is 5.82 Å². The Labute approximate surface area is 167 Å².